The van der Waals surface area contributed by atoms with E-state index < -0.39 is 4.92 Å². The number of aliphatic hydroxyl groups is 1. The van der Waals surface area contributed by atoms with Gasteiger partial charge in [0, 0.05) is 19.2 Å². The first-order chi connectivity index (χ1) is 9.55. The fourth-order valence-corrected chi connectivity index (χ4v) is 2.34. The van der Waals surface area contributed by atoms with Crippen LogP contribution in [0.2, 0.25) is 0 Å². The van der Waals surface area contributed by atoms with Crippen LogP contribution in [-0.4, -0.2) is 41.9 Å². The largest absolute Gasteiger partial charge is 0.394 e. The van der Waals surface area contributed by atoms with Crippen LogP contribution in [-0.2, 0) is 4.74 Å². The summed E-state index contributed by atoms with van der Waals surface area (Å²) in [6.45, 7) is 2.53. The molecule has 1 N–H and O–H groups in total. The zero-order valence-electron chi connectivity index (χ0n) is 11.0. The van der Waals surface area contributed by atoms with Gasteiger partial charge in [-0.05, 0) is 19.1 Å². The Bertz CT molecular complexity index is 555. The van der Waals surface area contributed by atoms with Gasteiger partial charge in [0.25, 0.3) is 5.69 Å². The number of anilines is 1. The smallest absolute Gasteiger partial charge is 0.292 e. The molecule has 2 rings (SSSR count). The summed E-state index contributed by atoms with van der Waals surface area (Å²) in [4.78, 5) is 12.4. The van der Waals surface area contributed by atoms with Gasteiger partial charge in [0.15, 0.2) is 0 Å². The van der Waals surface area contributed by atoms with Gasteiger partial charge >= 0.3 is 0 Å². The Kier molecular flexibility index (Phi) is 4.17. The maximum absolute atomic E-state index is 11.1. The lowest BCUT2D eigenvalue weighted by Gasteiger charge is -2.37. The zero-order chi connectivity index (χ0) is 14.7. The summed E-state index contributed by atoms with van der Waals surface area (Å²) in [5.41, 5.74) is 0.711. The Balaban J connectivity index is 2.39. The molecule has 1 aromatic carbocycles. The van der Waals surface area contributed by atoms with Gasteiger partial charge in [-0.25, -0.2) is 0 Å². The van der Waals surface area contributed by atoms with Crippen molar-refractivity contribution in [3.05, 3.63) is 33.9 Å². The molecule has 1 fully saturated rings. The Morgan fingerprint density at radius 2 is 2.35 bits per heavy atom. The molecule has 0 aromatic heterocycles. The van der Waals surface area contributed by atoms with E-state index in [9.17, 15) is 15.2 Å². The molecule has 0 aliphatic carbocycles. The van der Waals surface area contributed by atoms with E-state index in [1.54, 1.807) is 4.90 Å². The summed E-state index contributed by atoms with van der Waals surface area (Å²) in [5, 5.41) is 29.3. The second kappa shape index (κ2) is 5.86. The van der Waals surface area contributed by atoms with Crippen LogP contribution >= 0.6 is 0 Å². The lowest BCUT2D eigenvalue weighted by molar-refractivity contribution is -0.384. The minimum Gasteiger partial charge on any atom is -0.394 e. The molecule has 20 heavy (non-hydrogen) atoms. The Labute approximate surface area is 116 Å². The number of morpholine rings is 1. The summed E-state index contributed by atoms with van der Waals surface area (Å²) >= 11 is 0. The maximum Gasteiger partial charge on any atom is 0.292 e. The van der Waals surface area contributed by atoms with Gasteiger partial charge in [-0.2, -0.15) is 5.26 Å². The minimum absolute atomic E-state index is 0.0465. The molecule has 1 saturated heterocycles. The number of benzene rings is 1. The van der Waals surface area contributed by atoms with E-state index in [0.717, 1.165) is 0 Å². The van der Waals surface area contributed by atoms with Crippen molar-refractivity contribution in [3.63, 3.8) is 0 Å². The van der Waals surface area contributed by atoms with Crippen LogP contribution in [0.4, 0.5) is 11.4 Å². The Hall–Kier alpha value is -2.17. The summed E-state index contributed by atoms with van der Waals surface area (Å²) in [7, 11) is 0. The van der Waals surface area contributed by atoms with Gasteiger partial charge in [-0.3, -0.25) is 10.1 Å². The summed E-state index contributed by atoms with van der Waals surface area (Å²) in [5.74, 6) is 0. The van der Waals surface area contributed by atoms with Gasteiger partial charge in [0.2, 0.25) is 0 Å². The van der Waals surface area contributed by atoms with Crippen molar-refractivity contribution in [2.45, 2.75) is 19.1 Å². The van der Waals surface area contributed by atoms with Crippen LogP contribution in [0.25, 0.3) is 0 Å². The van der Waals surface area contributed by atoms with Crippen LogP contribution in [0, 0.1) is 21.4 Å². The molecular weight excluding hydrogens is 262 g/mol. The number of nitriles is 1. The Morgan fingerprint density at radius 1 is 1.60 bits per heavy atom. The van der Waals surface area contributed by atoms with Crippen LogP contribution in [0.3, 0.4) is 0 Å². The lowest BCUT2D eigenvalue weighted by atomic mass is 10.1. The highest BCUT2D eigenvalue weighted by Crippen LogP contribution is 2.31. The molecule has 7 heteroatoms. The van der Waals surface area contributed by atoms with Crippen molar-refractivity contribution in [1.82, 2.24) is 0 Å². The number of hydrogen-bond donors (Lipinski definition) is 1. The molecule has 1 aliphatic rings. The second-order valence-electron chi connectivity index (χ2n) is 4.73. The Morgan fingerprint density at radius 3 is 2.95 bits per heavy atom. The van der Waals surface area contributed by atoms with Gasteiger partial charge in [0.05, 0.1) is 35.4 Å². The van der Waals surface area contributed by atoms with E-state index in [1.165, 1.54) is 18.2 Å². The predicted octanol–water partition coefficient (Wildman–Crippen LogP) is 1.05. The lowest BCUT2D eigenvalue weighted by Crippen LogP contribution is -2.48. The van der Waals surface area contributed by atoms with Crippen molar-refractivity contribution in [2.75, 3.05) is 24.6 Å². The normalized spacial score (nSPS) is 22.4. The molecule has 106 valence electrons. The number of rotatable bonds is 3. The number of aliphatic hydroxyl groups excluding tert-OH is 1. The van der Waals surface area contributed by atoms with Crippen LogP contribution in [0.5, 0.6) is 0 Å². The van der Waals surface area contributed by atoms with Gasteiger partial charge in [-0.15, -0.1) is 0 Å². The van der Waals surface area contributed by atoms with Crippen molar-refractivity contribution in [1.29, 1.82) is 5.26 Å². The second-order valence-corrected chi connectivity index (χ2v) is 4.73. The van der Waals surface area contributed by atoms with E-state index in [2.05, 4.69) is 0 Å². The molecule has 2 atom stereocenters. The van der Waals surface area contributed by atoms with Crippen molar-refractivity contribution < 1.29 is 14.8 Å². The molecule has 2 unspecified atom stereocenters. The van der Waals surface area contributed by atoms with Crippen LogP contribution in [0.15, 0.2) is 18.2 Å². The standard InChI is InChI=1S/C13H15N3O4/c1-9-6-15(7-11(8-17)20-9)13-4-10(5-14)2-3-12(13)16(18)19/h2-4,9,11,17H,6-8H2,1H3. The molecule has 0 spiro atoms. The molecule has 0 bridgehead atoms. The molecule has 1 aliphatic heterocycles. The summed E-state index contributed by atoms with van der Waals surface area (Å²) < 4.78 is 5.52. The first-order valence-corrected chi connectivity index (χ1v) is 6.25. The third kappa shape index (κ3) is 2.87. The quantitative estimate of drug-likeness (QED) is 0.655. The molecule has 0 amide bonds. The highest BCUT2D eigenvalue weighted by molar-refractivity contribution is 5.66. The average molecular weight is 277 g/mol. The number of nitro benzene ring substituents is 1. The van der Waals surface area contributed by atoms with E-state index in [1.807, 2.05) is 13.0 Å². The molecule has 1 heterocycles. The van der Waals surface area contributed by atoms with Crippen molar-refractivity contribution in [3.8, 4) is 6.07 Å². The topological polar surface area (TPSA) is 99.6 Å². The highest BCUT2D eigenvalue weighted by Gasteiger charge is 2.29. The third-order valence-corrected chi connectivity index (χ3v) is 3.17. The SMILES string of the molecule is CC1CN(c2cc(C#N)ccc2[N+](=O)[O-])CC(CO)O1. The monoisotopic (exact) mass is 277 g/mol. The highest BCUT2D eigenvalue weighted by atomic mass is 16.6. The van der Waals surface area contributed by atoms with E-state index in [4.69, 9.17) is 10.00 Å². The third-order valence-electron chi connectivity index (χ3n) is 3.17. The molecular formula is C13H15N3O4. The minimum atomic E-state index is -0.468. The van der Waals surface area contributed by atoms with E-state index >= 15 is 0 Å². The number of nitro groups is 1. The number of hydrogen-bond acceptors (Lipinski definition) is 6. The molecule has 7 nitrogen and oxygen atoms in total. The van der Waals surface area contributed by atoms with E-state index in [-0.39, 0.29) is 24.5 Å². The first kappa shape index (κ1) is 14.2. The maximum atomic E-state index is 11.1. The van der Waals surface area contributed by atoms with Crippen molar-refractivity contribution >= 4 is 11.4 Å². The molecule has 0 saturated carbocycles. The average Bonchev–Trinajstić information content (AvgIpc) is 2.45. The van der Waals surface area contributed by atoms with Gasteiger partial charge in [-0.1, -0.05) is 0 Å². The van der Waals surface area contributed by atoms with E-state index in [0.29, 0.717) is 24.3 Å². The molecule has 0 radical (unpaired) electrons. The van der Waals surface area contributed by atoms with Gasteiger partial charge < -0.3 is 14.7 Å². The first-order valence-electron chi connectivity index (χ1n) is 6.25. The van der Waals surface area contributed by atoms with Crippen molar-refractivity contribution in [2.24, 2.45) is 0 Å². The summed E-state index contributed by atoms with van der Waals surface area (Å²) in [6.07, 6.45) is -0.532. The van der Waals surface area contributed by atoms with Crippen LogP contribution in [0.1, 0.15) is 12.5 Å². The van der Waals surface area contributed by atoms with Crippen LogP contribution < -0.4 is 4.90 Å². The van der Waals surface area contributed by atoms with Gasteiger partial charge in [0.1, 0.15) is 5.69 Å². The fraction of sp³-hybridized carbons (Fsp3) is 0.462. The number of nitrogens with zero attached hydrogens (tertiary/aromatic N) is 3. The number of ether oxygens (including phenoxy) is 1. The predicted molar refractivity (Wildman–Crippen MR) is 71.4 cm³/mol. The fourth-order valence-electron chi connectivity index (χ4n) is 2.34. The zero-order valence-corrected chi connectivity index (χ0v) is 11.0. The molecule has 1 aromatic rings. The summed E-state index contributed by atoms with van der Waals surface area (Å²) in [6, 6.07) is 6.24.